The quantitative estimate of drug-likeness (QED) is 0.779. The van der Waals surface area contributed by atoms with Gasteiger partial charge in [0.1, 0.15) is 15.8 Å². The van der Waals surface area contributed by atoms with Gasteiger partial charge in [0.25, 0.3) is 0 Å². The van der Waals surface area contributed by atoms with E-state index in [1.165, 1.54) is 23.8 Å². The number of carbonyl (C=O) groups excluding carboxylic acids is 1. The van der Waals surface area contributed by atoms with Gasteiger partial charge in [-0.05, 0) is 18.9 Å². The molecule has 0 aromatic carbocycles. The van der Waals surface area contributed by atoms with Gasteiger partial charge in [-0.15, -0.1) is 11.3 Å². The fraction of sp³-hybridized carbons (Fsp3) is 0.500. The van der Waals surface area contributed by atoms with Gasteiger partial charge in [0.2, 0.25) is 11.8 Å². The van der Waals surface area contributed by atoms with Gasteiger partial charge in [-0.2, -0.15) is 0 Å². The van der Waals surface area contributed by atoms with Crippen molar-refractivity contribution in [3.05, 3.63) is 28.3 Å². The van der Waals surface area contributed by atoms with Crippen LogP contribution < -0.4 is 15.4 Å². The Morgan fingerprint density at radius 1 is 1.59 bits per heavy atom. The lowest BCUT2D eigenvalue weighted by atomic mass is 9.92. The van der Waals surface area contributed by atoms with Gasteiger partial charge in [-0.1, -0.05) is 0 Å². The maximum Gasteiger partial charge on any atom is 0.223 e. The molecule has 1 N–H and O–H groups in total. The van der Waals surface area contributed by atoms with E-state index in [9.17, 15) is 4.79 Å². The van der Waals surface area contributed by atoms with Crippen molar-refractivity contribution in [3.8, 4) is 5.88 Å². The number of hydrogen-bond acceptors (Lipinski definition) is 7. The summed E-state index contributed by atoms with van der Waals surface area (Å²) in [7, 11) is 5.20. The van der Waals surface area contributed by atoms with Crippen molar-refractivity contribution in [2.45, 2.75) is 45.1 Å². The average molecular weight is 402 g/mol. The second-order valence-electron chi connectivity index (χ2n) is 7.10. The SMILES string of the molecule is COc1cc2c(cn1)[C@@]1(C[C@H](C)N(Cc3sc(NC(C)=O)nc3[Si])C1)OC2. The Balaban J connectivity index is 1.53. The van der Waals surface area contributed by atoms with Crippen LogP contribution in [0.2, 0.25) is 0 Å². The van der Waals surface area contributed by atoms with E-state index in [1.807, 2.05) is 12.3 Å². The number of aromatic nitrogens is 2. The molecule has 141 valence electrons. The van der Waals surface area contributed by atoms with E-state index in [2.05, 4.69) is 37.4 Å². The highest BCUT2D eigenvalue weighted by Gasteiger charge is 2.49. The van der Waals surface area contributed by atoms with Gasteiger partial charge < -0.3 is 14.8 Å². The Labute approximate surface area is 165 Å². The van der Waals surface area contributed by atoms with Crippen molar-refractivity contribution in [1.82, 2.24) is 14.9 Å². The Hall–Kier alpha value is -1.81. The molecule has 2 aromatic rings. The maximum absolute atomic E-state index is 11.3. The monoisotopic (exact) mass is 401 g/mol. The first-order valence-corrected chi connectivity index (χ1v) is 10.1. The molecule has 0 bridgehead atoms. The van der Waals surface area contributed by atoms with Crippen molar-refractivity contribution in [3.63, 3.8) is 0 Å². The number of anilines is 1. The normalized spacial score (nSPS) is 24.4. The van der Waals surface area contributed by atoms with Crippen LogP contribution in [0.3, 0.4) is 0 Å². The molecule has 0 saturated carbocycles. The molecule has 27 heavy (non-hydrogen) atoms. The summed E-state index contributed by atoms with van der Waals surface area (Å²) in [6.07, 6.45) is 2.82. The zero-order chi connectivity index (χ0) is 19.2. The van der Waals surface area contributed by atoms with E-state index in [0.29, 0.717) is 23.7 Å². The lowest BCUT2D eigenvalue weighted by Gasteiger charge is -2.24. The third-order valence-corrected chi connectivity index (χ3v) is 6.75. The van der Waals surface area contributed by atoms with E-state index in [4.69, 9.17) is 9.47 Å². The van der Waals surface area contributed by atoms with Crippen LogP contribution in [0.1, 0.15) is 36.3 Å². The second-order valence-corrected chi connectivity index (χ2v) is 8.65. The molecule has 1 amide bonds. The number of likely N-dealkylation sites (tertiary alicyclic amines) is 1. The highest BCUT2D eigenvalue weighted by atomic mass is 32.1. The minimum Gasteiger partial charge on any atom is -0.481 e. The van der Waals surface area contributed by atoms with Crippen molar-refractivity contribution in [1.29, 1.82) is 0 Å². The van der Waals surface area contributed by atoms with Crippen molar-refractivity contribution in [2.24, 2.45) is 0 Å². The van der Waals surface area contributed by atoms with Crippen LogP contribution in [-0.4, -0.2) is 50.7 Å². The van der Waals surface area contributed by atoms with Gasteiger partial charge >= 0.3 is 0 Å². The molecule has 1 fully saturated rings. The summed E-state index contributed by atoms with van der Waals surface area (Å²) >= 11 is 1.50. The molecule has 3 radical (unpaired) electrons. The third-order valence-electron chi connectivity index (χ3n) is 5.20. The van der Waals surface area contributed by atoms with Crippen LogP contribution in [0.4, 0.5) is 5.13 Å². The number of carbonyl (C=O) groups is 1. The predicted octanol–water partition coefficient (Wildman–Crippen LogP) is 1.32. The fourth-order valence-electron chi connectivity index (χ4n) is 3.92. The third kappa shape index (κ3) is 3.40. The number of thiazole rings is 1. The molecular weight excluding hydrogens is 380 g/mol. The van der Waals surface area contributed by atoms with Gasteiger partial charge in [-0.25, -0.2) is 9.97 Å². The average Bonchev–Trinajstić information content (AvgIpc) is 3.24. The lowest BCUT2D eigenvalue weighted by molar-refractivity contribution is -0.114. The molecule has 0 aliphatic carbocycles. The van der Waals surface area contributed by atoms with Gasteiger partial charge in [0.15, 0.2) is 5.13 Å². The number of methoxy groups -OCH3 is 1. The zero-order valence-electron chi connectivity index (χ0n) is 15.5. The van der Waals surface area contributed by atoms with Crippen LogP contribution in [-0.2, 0) is 28.3 Å². The minimum atomic E-state index is -0.314. The summed E-state index contributed by atoms with van der Waals surface area (Å²) in [6.45, 7) is 5.84. The number of rotatable bonds is 4. The van der Waals surface area contributed by atoms with E-state index >= 15 is 0 Å². The number of fused-ring (bicyclic) bond motifs is 2. The van der Waals surface area contributed by atoms with E-state index in [-0.39, 0.29) is 11.5 Å². The van der Waals surface area contributed by atoms with Crippen LogP contribution in [0.15, 0.2) is 12.3 Å². The molecule has 2 atom stereocenters. The van der Waals surface area contributed by atoms with Crippen LogP contribution in [0.25, 0.3) is 0 Å². The minimum absolute atomic E-state index is 0.116. The summed E-state index contributed by atoms with van der Waals surface area (Å²) < 4.78 is 11.5. The first-order valence-electron chi connectivity index (χ1n) is 8.80. The number of ether oxygens (including phenoxy) is 2. The highest BCUT2D eigenvalue weighted by Crippen LogP contribution is 2.46. The standard InChI is InChI=1S/C18H21N4O3SSi/c1-10-5-18(13-6-19-15(24-3)4-12(13)8-25-18)9-22(10)7-14-16(27)21-17(26-14)20-11(2)23/h4,6,10H,5,7-9H2,1-3H3,(H,20,21,23)/t10-,18-/m0/s1. The summed E-state index contributed by atoms with van der Waals surface area (Å²) in [5.41, 5.74) is 2.01. The zero-order valence-corrected chi connectivity index (χ0v) is 17.4. The molecule has 2 aromatic heterocycles. The predicted molar refractivity (Wildman–Crippen MR) is 104 cm³/mol. The molecule has 2 aliphatic heterocycles. The van der Waals surface area contributed by atoms with Gasteiger partial charge in [-0.3, -0.25) is 9.69 Å². The molecular formula is C18H21N4O3SSi. The topological polar surface area (TPSA) is 76.6 Å². The number of nitrogens with zero attached hydrogens (tertiary/aromatic N) is 3. The number of nitrogens with one attached hydrogen (secondary N) is 1. The highest BCUT2D eigenvalue weighted by molar-refractivity contribution is 7.16. The summed E-state index contributed by atoms with van der Waals surface area (Å²) in [5, 5.41) is 4.14. The molecule has 4 heterocycles. The number of hydrogen-bond donors (Lipinski definition) is 1. The second kappa shape index (κ2) is 6.97. The largest absolute Gasteiger partial charge is 0.481 e. The molecule has 0 unspecified atom stereocenters. The molecule has 9 heteroatoms. The lowest BCUT2D eigenvalue weighted by Crippen LogP contribution is -2.32. The molecule has 7 nitrogen and oxygen atoms in total. The number of pyridine rings is 1. The summed E-state index contributed by atoms with van der Waals surface area (Å²) in [6, 6.07) is 2.33. The number of amides is 1. The summed E-state index contributed by atoms with van der Waals surface area (Å²) in [4.78, 5) is 23.5. The van der Waals surface area contributed by atoms with Crippen molar-refractivity contribution in [2.75, 3.05) is 19.0 Å². The van der Waals surface area contributed by atoms with E-state index in [1.54, 1.807) is 7.11 Å². The Bertz CT molecular complexity index is 889. The Morgan fingerprint density at radius 3 is 3.15 bits per heavy atom. The van der Waals surface area contributed by atoms with Crippen molar-refractivity contribution >= 4 is 37.9 Å². The van der Waals surface area contributed by atoms with E-state index in [0.717, 1.165) is 35.3 Å². The molecule has 1 saturated heterocycles. The van der Waals surface area contributed by atoms with Gasteiger partial charge in [0, 0.05) is 54.1 Å². The van der Waals surface area contributed by atoms with E-state index < -0.39 is 0 Å². The van der Waals surface area contributed by atoms with Crippen LogP contribution >= 0.6 is 11.3 Å². The van der Waals surface area contributed by atoms with Gasteiger partial charge in [0.05, 0.1) is 13.7 Å². The fourth-order valence-corrected chi connectivity index (χ4v) is 5.29. The summed E-state index contributed by atoms with van der Waals surface area (Å²) in [5.74, 6) is 0.505. The van der Waals surface area contributed by atoms with Crippen LogP contribution in [0.5, 0.6) is 5.88 Å². The first kappa shape index (κ1) is 18.5. The molecule has 1 spiro atoms. The maximum atomic E-state index is 11.3. The smallest absolute Gasteiger partial charge is 0.223 e. The molecule has 2 aliphatic rings. The Kier molecular flexibility index (Phi) is 4.79. The van der Waals surface area contributed by atoms with Crippen molar-refractivity contribution < 1.29 is 14.3 Å². The Morgan fingerprint density at radius 2 is 2.41 bits per heavy atom. The molecule has 4 rings (SSSR count). The first-order chi connectivity index (χ1) is 12.9. The van der Waals surface area contributed by atoms with Crippen LogP contribution in [0, 0.1) is 0 Å².